The fourth-order valence-electron chi connectivity index (χ4n) is 1.10. The molecule has 0 fully saturated rings. The van der Waals surface area contributed by atoms with E-state index in [1.807, 2.05) is 0 Å². The van der Waals surface area contributed by atoms with Gasteiger partial charge in [-0.25, -0.2) is 18.4 Å². The van der Waals surface area contributed by atoms with Crippen molar-refractivity contribution in [3.05, 3.63) is 27.7 Å². The van der Waals surface area contributed by atoms with E-state index in [2.05, 4.69) is 15.9 Å². The summed E-state index contributed by atoms with van der Waals surface area (Å²) in [4.78, 5) is 10.5. The molecule has 0 aliphatic carbocycles. The molecule has 1 aromatic rings. The molecule has 0 aliphatic rings. The number of nitrogens with two attached hydrogens (primary N) is 1. The molecule has 0 saturated heterocycles. The first-order chi connectivity index (χ1) is 6.73. The summed E-state index contributed by atoms with van der Waals surface area (Å²) in [6.07, 6.45) is 0. The Hall–Kier alpha value is -0.920. The molecule has 0 bridgehead atoms. The van der Waals surface area contributed by atoms with Crippen LogP contribution in [0.5, 0.6) is 0 Å². The Bertz CT molecular complexity index is 524. The van der Waals surface area contributed by atoms with E-state index in [-0.39, 0.29) is 14.9 Å². The van der Waals surface area contributed by atoms with Crippen molar-refractivity contribution in [3.63, 3.8) is 0 Å². The van der Waals surface area contributed by atoms with Crippen LogP contribution in [0.1, 0.15) is 15.9 Å². The summed E-state index contributed by atoms with van der Waals surface area (Å²) in [6.45, 7) is 1.57. The molecule has 1 rings (SSSR count). The van der Waals surface area contributed by atoms with Crippen molar-refractivity contribution < 1.29 is 18.3 Å². The largest absolute Gasteiger partial charge is 0.478 e. The van der Waals surface area contributed by atoms with Crippen LogP contribution in [0, 0.1) is 6.92 Å². The quantitative estimate of drug-likeness (QED) is 0.853. The Balaban J connectivity index is 3.58. The summed E-state index contributed by atoms with van der Waals surface area (Å²) in [5, 5.41) is 13.7. The fourth-order valence-corrected chi connectivity index (χ4v) is 2.85. The van der Waals surface area contributed by atoms with Crippen LogP contribution in [0.4, 0.5) is 0 Å². The summed E-state index contributed by atoms with van der Waals surface area (Å²) in [7, 11) is -3.92. The van der Waals surface area contributed by atoms with Crippen LogP contribution in [0.25, 0.3) is 0 Å². The van der Waals surface area contributed by atoms with Crippen LogP contribution in [0.15, 0.2) is 21.5 Å². The summed E-state index contributed by atoms with van der Waals surface area (Å²) in [5.74, 6) is -1.19. The minimum absolute atomic E-state index is 0.0813. The number of halogens is 1. The Morgan fingerprint density at radius 1 is 1.47 bits per heavy atom. The minimum atomic E-state index is -3.92. The average Bonchev–Trinajstić information content (AvgIpc) is 2.00. The van der Waals surface area contributed by atoms with E-state index in [0.717, 1.165) is 6.07 Å². The summed E-state index contributed by atoms with van der Waals surface area (Å²) in [6, 6.07) is 2.44. The summed E-state index contributed by atoms with van der Waals surface area (Å²) < 4.78 is 22.4. The second-order valence-electron chi connectivity index (χ2n) is 2.95. The molecule has 0 radical (unpaired) electrons. The van der Waals surface area contributed by atoms with Crippen molar-refractivity contribution in [2.75, 3.05) is 0 Å². The SMILES string of the molecule is Cc1cc(Br)c(S(N)(=O)=O)cc1C(=O)O. The number of carboxylic acid groups (broad SMARTS) is 1. The maximum absolute atomic E-state index is 11.1. The molecule has 1 aromatic carbocycles. The average molecular weight is 294 g/mol. The molecule has 7 heteroatoms. The maximum atomic E-state index is 11.1. The fraction of sp³-hybridized carbons (Fsp3) is 0.125. The second-order valence-corrected chi connectivity index (χ2v) is 5.33. The van der Waals surface area contributed by atoms with E-state index >= 15 is 0 Å². The molecule has 3 N–H and O–H groups in total. The molecule has 0 aromatic heterocycles. The van der Waals surface area contributed by atoms with Gasteiger partial charge in [0.2, 0.25) is 10.0 Å². The number of carboxylic acids is 1. The Kier molecular flexibility index (Phi) is 3.17. The lowest BCUT2D eigenvalue weighted by Crippen LogP contribution is -2.14. The van der Waals surface area contributed by atoms with Gasteiger partial charge >= 0.3 is 5.97 Å². The minimum Gasteiger partial charge on any atom is -0.478 e. The first-order valence-electron chi connectivity index (χ1n) is 3.79. The van der Waals surface area contributed by atoms with Crippen molar-refractivity contribution in [2.24, 2.45) is 5.14 Å². The molecule has 0 atom stereocenters. The lowest BCUT2D eigenvalue weighted by molar-refractivity contribution is 0.0696. The molecule has 0 unspecified atom stereocenters. The number of aromatic carboxylic acids is 1. The molecule has 0 aliphatic heterocycles. The molecular formula is C8H8BrNO4S. The monoisotopic (exact) mass is 293 g/mol. The van der Waals surface area contributed by atoms with Gasteiger partial charge in [0.15, 0.2) is 0 Å². The van der Waals surface area contributed by atoms with Crippen LogP contribution in [0.3, 0.4) is 0 Å². The highest BCUT2D eigenvalue weighted by atomic mass is 79.9. The van der Waals surface area contributed by atoms with Crippen molar-refractivity contribution >= 4 is 31.9 Å². The van der Waals surface area contributed by atoms with Crippen molar-refractivity contribution in [1.29, 1.82) is 0 Å². The van der Waals surface area contributed by atoms with Gasteiger partial charge in [0.05, 0.1) is 10.5 Å². The smallest absolute Gasteiger partial charge is 0.335 e. The standard InChI is InChI=1S/C8H8BrNO4S/c1-4-2-6(9)7(15(10,13)14)3-5(4)8(11)12/h2-3H,1H3,(H,11,12)(H2,10,13,14). The van der Waals surface area contributed by atoms with Gasteiger partial charge in [0, 0.05) is 4.47 Å². The number of carbonyl (C=O) groups is 1. The Labute approximate surface area is 95.1 Å². The van der Waals surface area contributed by atoms with E-state index in [9.17, 15) is 13.2 Å². The number of rotatable bonds is 2. The molecule has 15 heavy (non-hydrogen) atoms. The van der Waals surface area contributed by atoms with Gasteiger partial charge in [0.1, 0.15) is 0 Å². The van der Waals surface area contributed by atoms with Crippen molar-refractivity contribution in [1.82, 2.24) is 0 Å². The van der Waals surface area contributed by atoms with E-state index in [1.165, 1.54) is 6.07 Å². The predicted molar refractivity (Wildman–Crippen MR) is 57.2 cm³/mol. The molecule has 0 spiro atoms. The van der Waals surface area contributed by atoms with Gasteiger partial charge in [-0.05, 0) is 40.5 Å². The first kappa shape index (κ1) is 12.2. The van der Waals surface area contributed by atoms with Crippen LogP contribution in [0.2, 0.25) is 0 Å². The predicted octanol–water partition coefficient (Wildman–Crippen LogP) is 1.10. The number of benzene rings is 1. The molecule has 0 heterocycles. The second kappa shape index (κ2) is 3.92. The lowest BCUT2D eigenvalue weighted by atomic mass is 10.1. The van der Waals surface area contributed by atoms with Crippen LogP contribution in [-0.2, 0) is 10.0 Å². The number of hydrogen-bond donors (Lipinski definition) is 2. The van der Waals surface area contributed by atoms with Crippen molar-refractivity contribution in [3.8, 4) is 0 Å². The van der Waals surface area contributed by atoms with Crippen molar-refractivity contribution in [2.45, 2.75) is 11.8 Å². The van der Waals surface area contributed by atoms with Crippen LogP contribution < -0.4 is 5.14 Å². The molecule has 82 valence electrons. The zero-order valence-electron chi connectivity index (χ0n) is 7.69. The summed E-state index contributed by atoms with van der Waals surface area (Å²) in [5.41, 5.74) is 0.379. The molecule has 0 amide bonds. The molecule has 0 saturated carbocycles. The van der Waals surface area contributed by atoms with E-state index < -0.39 is 16.0 Å². The van der Waals surface area contributed by atoms with E-state index in [4.69, 9.17) is 10.2 Å². The van der Waals surface area contributed by atoms with Gasteiger partial charge in [-0.1, -0.05) is 0 Å². The Morgan fingerprint density at radius 2 is 2.00 bits per heavy atom. The van der Waals surface area contributed by atoms with E-state index in [1.54, 1.807) is 6.92 Å². The van der Waals surface area contributed by atoms with Gasteiger partial charge in [-0.15, -0.1) is 0 Å². The number of aryl methyl sites for hydroxylation is 1. The van der Waals surface area contributed by atoms with Gasteiger partial charge in [-0.2, -0.15) is 0 Å². The third-order valence-corrected chi connectivity index (χ3v) is 3.69. The lowest BCUT2D eigenvalue weighted by Gasteiger charge is -2.06. The number of sulfonamides is 1. The maximum Gasteiger partial charge on any atom is 0.335 e. The highest BCUT2D eigenvalue weighted by Crippen LogP contribution is 2.24. The molecular weight excluding hydrogens is 286 g/mol. The zero-order valence-corrected chi connectivity index (χ0v) is 10.1. The first-order valence-corrected chi connectivity index (χ1v) is 6.13. The van der Waals surface area contributed by atoms with Crippen LogP contribution >= 0.6 is 15.9 Å². The highest BCUT2D eigenvalue weighted by Gasteiger charge is 2.17. The van der Waals surface area contributed by atoms with Gasteiger partial charge < -0.3 is 5.11 Å². The van der Waals surface area contributed by atoms with E-state index in [0.29, 0.717) is 5.56 Å². The highest BCUT2D eigenvalue weighted by molar-refractivity contribution is 9.10. The van der Waals surface area contributed by atoms with Gasteiger partial charge in [0.25, 0.3) is 0 Å². The third kappa shape index (κ3) is 2.55. The summed E-state index contributed by atoms with van der Waals surface area (Å²) >= 11 is 3.01. The third-order valence-electron chi connectivity index (χ3n) is 1.82. The topological polar surface area (TPSA) is 97.5 Å². The normalized spacial score (nSPS) is 11.4. The number of hydrogen-bond acceptors (Lipinski definition) is 3. The molecule has 5 nitrogen and oxygen atoms in total. The number of primary sulfonamides is 1. The van der Waals surface area contributed by atoms with Crippen LogP contribution in [-0.4, -0.2) is 19.5 Å². The zero-order chi connectivity index (χ0) is 11.8. The Morgan fingerprint density at radius 3 is 2.40 bits per heavy atom. The van der Waals surface area contributed by atoms with Gasteiger partial charge in [-0.3, -0.25) is 0 Å².